The molecule has 1 saturated heterocycles. The molecule has 2 heterocycles. The SMILES string of the molecule is C[C@@H](C(=O)Nc1cccc2nonc12)N1C(=O)/C(=C/c2ccccc2)SC1=S. The Labute approximate surface area is 169 Å². The van der Waals surface area contributed by atoms with Gasteiger partial charge in [0.15, 0.2) is 5.52 Å². The van der Waals surface area contributed by atoms with E-state index in [1.165, 1.54) is 16.7 Å². The molecule has 0 bridgehead atoms. The standard InChI is InChI=1S/C19H14N4O3S2/c1-11(17(24)20-13-8-5-9-14-16(13)22-26-21-14)23-18(25)15(28-19(23)27)10-12-6-3-2-4-7-12/h2-11H,1H3,(H,20,24)/b15-10-/t11-/m0/s1. The molecule has 9 heteroatoms. The highest BCUT2D eigenvalue weighted by Crippen LogP contribution is 2.34. The van der Waals surface area contributed by atoms with Gasteiger partial charge in [-0.25, -0.2) is 4.63 Å². The summed E-state index contributed by atoms with van der Waals surface area (Å²) < 4.78 is 5.05. The molecule has 28 heavy (non-hydrogen) atoms. The second-order valence-corrected chi connectivity index (χ2v) is 7.74. The molecule has 1 aromatic heterocycles. The number of anilines is 1. The molecule has 1 aliphatic heterocycles. The van der Waals surface area contributed by atoms with Crippen LogP contribution in [0.1, 0.15) is 12.5 Å². The summed E-state index contributed by atoms with van der Waals surface area (Å²) in [6.07, 6.45) is 1.77. The Balaban J connectivity index is 1.54. The summed E-state index contributed by atoms with van der Waals surface area (Å²) in [6.45, 7) is 1.63. The van der Waals surface area contributed by atoms with Crippen molar-refractivity contribution in [2.45, 2.75) is 13.0 Å². The monoisotopic (exact) mass is 410 g/mol. The molecule has 0 spiro atoms. The second-order valence-electron chi connectivity index (χ2n) is 6.07. The van der Waals surface area contributed by atoms with E-state index in [9.17, 15) is 9.59 Å². The van der Waals surface area contributed by atoms with Gasteiger partial charge in [0.2, 0.25) is 5.91 Å². The molecule has 0 unspecified atom stereocenters. The maximum atomic E-state index is 12.8. The minimum absolute atomic E-state index is 0.289. The van der Waals surface area contributed by atoms with Crippen molar-refractivity contribution in [1.82, 2.24) is 15.2 Å². The second kappa shape index (κ2) is 7.53. The number of nitrogens with zero attached hydrogens (tertiary/aromatic N) is 3. The summed E-state index contributed by atoms with van der Waals surface area (Å²) in [6, 6.07) is 13.8. The Morgan fingerprint density at radius 3 is 2.79 bits per heavy atom. The van der Waals surface area contributed by atoms with Crippen LogP contribution in [0.5, 0.6) is 0 Å². The van der Waals surface area contributed by atoms with Crippen LogP contribution in [0.4, 0.5) is 5.69 Å². The van der Waals surface area contributed by atoms with Gasteiger partial charge in [0.25, 0.3) is 5.91 Å². The summed E-state index contributed by atoms with van der Waals surface area (Å²) in [5.41, 5.74) is 2.32. The number of rotatable bonds is 4. The maximum Gasteiger partial charge on any atom is 0.266 e. The number of benzene rings is 2. The van der Waals surface area contributed by atoms with Crippen molar-refractivity contribution in [2.75, 3.05) is 5.32 Å². The molecule has 7 nitrogen and oxygen atoms in total. The lowest BCUT2D eigenvalue weighted by Crippen LogP contribution is -2.44. The largest absolute Gasteiger partial charge is 0.322 e. The highest BCUT2D eigenvalue weighted by atomic mass is 32.2. The van der Waals surface area contributed by atoms with Crippen molar-refractivity contribution in [3.05, 3.63) is 59.0 Å². The molecule has 2 aromatic carbocycles. The van der Waals surface area contributed by atoms with Crippen LogP contribution >= 0.6 is 24.0 Å². The summed E-state index contributed by atoms with van der Waals surface area (Å²) in [4.78, 5) is 27.4. The predicted molar refractivity (Wildman–Crippen MR) is 111 cm³/mol. The molecular formula is C19H14N4O3S2. The van der Waals surface area contributed by atoms with Gasteiger partial charge in [-0.3, -0.25) is 14.5 Å². The van der Waals surface area contributed by atoms with Gasteiger partial charge < -0.3 is 5.32 Å². The zero-order valence-electron chi connectivity index (χ0n) is 14.7. The molecule has 0 aliphatic carbocycles. The fourth-order valence-electron chi connectivity index (χ4n) is 2.78. The van der Waals surface area contributed by atoms with E-state index in [1.54, 1.807) is 31.2 Å². The quantitative estimate of drug-likeness (QED) is 0.520. The summed E-state index contributed by atoms with van der Waals surface area (Å²) in [5, 5.41) is 10.3. The van der Waals surface area contributed by atoms with Crippen LogP contribution in [0.2, 0.25) is 0 Å². The summed E-state index contributed by atoms with van der Waals surface area (Å²) >= 11 is 6.53. The number of aromatic nitrogens is 2. The Morgan fingerprint density at radius 2 is 2.00 bits per heavy atom. The molecule has 0 radical (unpaired) electrons. The van der Waals surface area contributed by atoms with Gasteiger partial charge in [-0.05, 0) is 41.0 Å². The first-order chi connectivity index (χ1) is 13.5. The van der Waals surface area contributed by atoms with Crippen LogP contribution in [0.3, 0.4) is 0 Å². The topological polar surface area (TPSA) is 88.3 Å². The summed E-state index contributed by atoms with van der Waals surface area (Å²) in [7, 11) is 0. The Bertz CT molecular complexity index is 1110. The molecule has 4 rings (SSSR count). The van der Waals surface area contributed by atoms with Crippen LogP contribution in [-0.2, 0) is 9.59 Å². The lowest BCUT2D eigenvalue weighted by molar-refractivity contribution is -0.129. The van der Waals surface area contributed by atoms with Crippen molar-refractivity contribution in [2.24, 2.45) is 0 Å². The maximum absolute atomic E-state index is 12.8. The first-order valence-electron chi connectivity index (χ1n) is 8.39. The number of thioether (sulfide) groups is 1. The average Bonchev–Trinajstić information content (AvgIpc) is 3.27. The van der Waals surface area contributed by atoms with Crippen LogP contribution in [-0.4, -0.2) is 37.4 Å². The fourth-order valence-corrected chi connectivity index (χ4v) is 4.19. The zero-order chi connectivity index (χ0) is 19.7. The van der Waals surface area contributed by atoms with Gasteiger partial charge in [0.05, 0.1) is 10.6 Å². The van der Waals surface area contributed by atoms with Crippen molar-refractivity contribution in [1.29, 1.82) is 0 Å². The lowest BCUT2D eigenvalue weighted by atomic mass is 10.2. The average molecular weight is 410 g/mol. The molecule has 0 saturated carbocycles. The Morgan fingerprint density at radius 1 is 1.21 bits per heavy atom. The third-order valence-corrected chi connectivity index (χ3v) is 5.56. The molecule has 1 N–H and O–H groups in total. The number of fused-ring (bicyclic) bond motifs is 1. The van der Waals surface area contributed by atoms with Gasteiger partial charge in [0, 0.05) is 0 Å². The van der Waals surface area contributed by atoms with Crippen molar-refractivity contribution >= 4 is 62.9 Å². The normalized spacial score (nSPS) is 16.8. The molecule has 1 fully saturated rings. The third-order valence-electron chi connectivity index (χ3n) is 4.23. The van der Waals surface area contributed by atoms with Crippen molar-refractivity contribution < 1.29 is 14.2 Å². The van der Waals surface area contributed by atoms with Gasteiger partial charge in [-0.15, -0.1) is 0 Å². The molecule has 3 aromatic rings. The third kappa shape index (κ3) is 3.41. The van der Waals surface area contributed by atoms with E-state index >= 15 is 0 Å². The van der Waals surface area contributed by atoms with E-state index in [4.69, 9.17) is 16.8 Å². The molecule has 1 atom stereocenters. The van der Waals surface area contributed by atoms with E-state index in [0.717, 1.165) is 5.56 Å². The van der Waals surface area contributed by atoms with Crippen LogP contribution < -0.4 is 5.32 Å². The van der Waals surface area contributed by atoms with Crippen LogP contribution in [0.15, 0.2) is 58.1 Å². The van der Waals surface area contributed by atoms with Gasteiger partial charge in [0.1, 0.15) is 15.9 Å². The van der Waals surface area contributed by atoms with Crippen molar-refractivity contribution in [3.8, 4) is 0 Å². The predicted octanol–water partition coefficient (Wildman–Crippen LogP) is 3.45. The smallest absolute Gasteiger partial charge is 0.266 e. The number of amides is 2. The van der Waals surface area contributed by atoms with Gasteiger partial charge >= 0.3 is 0 Å². The van der Waals surface area contributed by atoms with E-state index in [2.05, 4.69) is 15.6 Å². The van der Waals surface area contributed by atoms with Gasteiger partial charge in [-0.1, -0.05) is 60.4 Å². The zero-order valence-corrected chi connectivity index (χ0v) is 16.3. The van der Waals surface area contributed by atoms with Crippen molar-refractivity contribution in [3.63, 3.8) is 0 Å². The molecule has 2 amide bonds. The molecule has 140 valence electrons. The fraction of sp³-hybridized carbons (Fsp3) is 0.105. The number of carbonyl (C=O) groups excluding carboxylic acids is 2. The summed E-state index contributed by atoms with van der Waals surface area (Å²) in [5.74, 6) is -0.671. The number of thiocarbonyl (C=S) groups is 1. The molecular weight excluding hydrogens is 396 g/mol. The highest BCUT2D eigenvalue weighted by Gasteiger charge is 2.38. The van der Waals surface area contributed by atoms with E-state index in [-0.39, 0.29) is 11.8 Å². The minimum Gasteiger partial charge on any atom is -0.322 e. The Hall–Kier alpha value is -3.04. The highest BCUT2D eigenvalue weighted by molar-refractivity contribution is 8.26. The van der Waals surface area contributed by atoms with E-state index < -0.39 is 6.04 Å². The number of nitrogens with one attached hydrogen (secondary N) is 1. The minimum atomic E-state index is -0.788. The first kappa shape index (κ1) is 18.3. The van der Waals surface area contributed by atoms with Gasteiger partial charge in [-0.2, -0.15) is 0 Å². The number of hydrogen-bond donors (Lipinski definition) is 1. The molecule has 1 aliphatic rings. The van der Waals surface area contributed by atoms with Crippen LogP contribution in [0, 0.1) is 0 Å². The number of hydrogen-bond acceptors (Lipinski definition) is 7. The van der Waals surface area contributed by atoms with E-state index in [1.807, 2.05) is 30.3 Å². The lowest BCUT2D eigenvalue weighted by Gasteiger charge is -2.22. The first-order valence-corrected chi connectivity index (χ1v) is 9.61. The van der Waals surface area contributed by atoms with E-state index in [0.29, 0.717) is 25.9 Å². The number of carbonyl (C=O) groups is 2. The van der Waals surface area contributed by atoms with Crippen LogP contribution in [0.25, 0.3) is 17.1 Å². The Kier molecular flexibility index (Phi) is 4.93.